The Hall–Kier alpha value is -2.02. The molecule has 0 aromatic carbocycles. The van der Waals surface area contributed by atoms with Gasteiger partial charge in [0.2, 0.25) is 0 Å². The molecule has 0 fully saturated rings. The first-order valence-electron chi connectivity index (χ1n) is 6.27. The topological polar surface area (TPSA) is 141 Å². The van der Waals surface area contributed by atoms with Crippen LogP contribution in [-0.2, 0) is 24.3 Å². The number of sulfonamides is 1. The number of rotatable bonds is 7. The summed E-state index contributed by atoms with van der Waals surface area (Å²) in [5, 5.41) is -0.914. The van der Waals surface area contributed by atoms with Crippen LogP contribution >= 0.6 is 0 Å². The van der Waals surface area contributed by atoms with Crippen LogP contribution in [0, 0.1) is 0 Å². The first-order chi connectivity index (χ1) is 10.8. The number of aromatic nitrogens is 4. The van der Waals surface area contributed by atoms with Crippen LogP contribution in [0.2, 0.25) is 0 Å². The van der Waals surface area contributed by atoms with Crippen molar-refractivity contribution in [1.82, 2.24) is 24.7 Å². The summed E-state index contributed by atoms with van der Waals surface area (Å²) in [6.45, 7) is 0.995. The quantitative estimate of drug-likeness (QED) is 0.503. The van der Waals surface area contributed by atoms with Gasteiger partial charge in [-0.2, -0.15) is 8.42 Å². The lowest BCUT2D eigenvalue weighted by atomic mass is 10.4. The number of nitrogens with one attached hydrogen (secondary N) is 1. The van der Waals surface area contributed by atoms with E-state index < -0.39 is 43.1 Å². The van der Waals surface area contributed by atoms with E-state index in [2.05, 4.69) is 24.7 Å². The van der Waals surface area contributed by atoms with Crippen LogP contribution < -0.4 is 4.72 Å². The van der Waals surface area contributed by atoms with Gasteiger partial charge in [-0.25, -0.2) is 33.1 Å². The summed E-state index contributed by atoms with van der Waals surface area (Å²) >= 11 is 0. The van der Waals surface area contributed by atoms with Crippen LogP contribution in [0.4, 0.5) is 0 Å². The van der Waals surface area contributed by atoms with Gasteiger partial charge in [-0.15, -0.1) is 0 Å². The highest BCUT2D eigenvalue weighted by molar-refractivity contribution is 7.89. The largest absolute Gasteiger partial charge is 0.333 e. The van der Waals surface area contributed by atoms with Crippen molar-refractivity contribution in [3.05, 3.63) is 36.9 Å². The predicted molar refractivity (Wildman–Crippen MR) is 77.0 cm³/mol. The van der Waals surface area contributed by atoms with Crippen LogP contribution in [-0.4, -0.2) is 49.4 Å². The SMILES string of the molecule is C[C@@H](COS(=O)(=O)c1ncccn1)NS(=O)(=O)c1ncccn1. The first-order valence-corrected chi connectivity index (χ1v) is 9.16. The first kappa shape index (κ1) is 17.3. The Balaban J connectivity index is 1.99. The van der Waals surface area contributed by atoms with Crippen molar-refractivity contribution in [1.29, 1.82) is 0 Å². The van der Waals surface area contributed by atoms with Crippen LogP contribution in [0.5, 0.6) is 0 Å². The fourth-order valence-electron chi connectivity index (χ4n) is 1.43. The molecule has 0 unspecified atom stereocenters. The van der Waals surface area contributed by atoms with Gasteiger partial charge in [0.1, 0.15) is 0 Å². The molecule has 10 nitrogen and oxygen atoms in total. The number of nitrogens with zero attached hydrogens (tertiary/aromatic N) is 4. The third kappa shape index (κ3) is 4.72. The molecule has 0 aliphatic rings. The molecule has 0 aliphatic heterocycles. The third-order valence-corrected chi connectivity index (χ3v) is 4.89. The molecule has 0 spiro atoms. The highest BCUT2D eigenvalue weighted by Gasteiger charge is 2.23. The minimum absolute atomic E-state index is 0.416. The third-order valence-electron chi connectivity index (χ3n) is 2.38. The average Bonchev–Trinajstić information content (AvgIpc) is 2.54. The van der Waals surface area contributed by atoms with E-state index >= 15 is 0 Å². The van der Waals surface area contributed by atoms with Crippen LogP contribution in [0.3, 0.4) is 0 Å². The van der Waals surface area contributed by atoms with Crippen molar-refractivity contribution in [2.75, 3.05) is 6.61 Å². The minimum atomic E-state index is -4.16. The van der Waals surface area contributed by atoms with E-state index in [0.717, 1.165) is 0 Å². The molecule has 0 saturated heterocycles. The highest BCUT2D eigenvalue weighted by atomic mass is 32.2. The van der Waals surface area contributed by atoms with Gasteiger partial charge >= 0.3 is 10.1 Å². The van der Waals surface area contributed by atoms with E-state index in [4.69, 9.17) is 4.18 Å². The summed E-state index contributed by atoms with van der Waals surface area (Å²) in [6.07, 6.45) is 5.06. The zero-order valence-corrected chi connectivity index (χ0v) is 13.5. The average molecular weight is 359 g/mol. The molecule has 2 rings (SSSR count). The summed E-state index contributed by atoms with van der Waals surface area (Å²) < 4.78 is 54.5. The van der Waals surface area contributed by atoms with Gasteiger partial charge in [0.25, 0.3) is 20.3 Å². The van der Waals surface area contributed by atoms with E-state index in [-0.39, 0.29) is 0 Å². The molecule has 0 radical (unpaired) electrons. The standard InChI is InChI=1S/C11H13N5O5S2/c1-9(16-22(17,18)10-12-4-2-5-13-10)8-21-23(19,20)11-14-6-3-7-15-11/h2-7,9,16H,8H2,1H3/t9-/m0/s1. The predicted octanol–water partition coefficient (Wildman–Crippen LogP) is -0.661. The maximum Gasteiger partial charge on any atom is 0.333 e. The monoisotopic (exact) mass is 359 g/mol. The van der Waals surface area contributed by atoms with Crippen molar-refractivity contribution >= 4 is 20.1 Å². The molecule has 2 heterocycles. The van der Waals surface area contributed by atoms with E-state index in [1.807, 2.05) is 0 Å². The molecule has 0 saturated carbocycles. The molecule has 0 aliphatic carbocycles. The van der Waals surface area contributed by atoms with Crippen molar-refractivity contribution in [3.8, 4) is 0 Å². The van der Waals surface area contributed by atoms with E-state index in [1.54, 1.807) is 0 Å². The van der Waals surface area contributed by atoms with Gasteiger partial charge in [0.15, 0.2) is 0 Å². The number of hydrogen-bond acceptors (Lipinski definition) is 9. The van der Waals surface area contributed by atoms with E-state index in [9.17, 15) is 16.8 Å². The molecular weight excluding hydrogens is 346 g/mol. The second-order valence-electron chi connectivity index (χ2n) is 4.32. The summed E-state index contributed by atoms with van der Waals surface area (Å²) in [5.74, 6) is 0. The second kappa shape index (κ2) is 7.04. The molecule has 124 valence electrons. The number of hydrogen-bond donors (Lipinski definition) is 1. The Labute approximate surface area is 133 Å². The summed E-state index contributed by atoms with van der Waals surface area (Å²) in [7, 11) is -8.13. The minimum Gasteiger partial charge on any atom is -0.262 e. The molecule has 0 bridgehead atoms. The van der Waals surface area contributed by atoms with Gasteiger partial charge in [0, 0.05) is 30.8 Å². The molecule has 0 amide bonds. The molecule has 23 heavy (non-hydrogen) atoms. The van der Waals surface area contributed by atoms with Gasteiger partial charge in [-0.1, -0.05) is 0 Å². The Kier molecular flexibility index (Phi) is 5.30. The van der Waals surface area contributed by atoms with Crippen molar-refractivity contribution in [2.24, 2.45) is 0 Å². The Morgan fingerprint density at radius 1 is 0.957 bits per heavy atom. The van der Waals surface area contributed by atoms with Crippen LogP contribution in [0.15, 0.2) is 47.2 Å². The van der Waals surface area contributed by atoms with Crippen LogP contribution in [0.25, 0.3) is 0 Å². The summed E-state index contributed by atoms with van der Waals surface area (Å²) in [4.78, 5) is 14.4. The molecule has 2 aromatic rings. The fraction of sp³-hybridized carbons (Fsp3) is 0.273. The summed E-state index contributed by atoms with van der Waals surface area (Å²) in [6, 6.07) is 2.08. The van der Waals surface area contributed by atoms with Gasteiger partial charge < -0.3 is 0 Å². The maximum atomic E-state index is 12.0. The molecule has 1 atom stereocenters. The Bertz CT molecular complexity index is 843. The summed E-state index contributed by atoms with van der Waals surface area (Å²) in [5.41, 5.74) is 0. The lowest BCUT2D eigenvalue weighted by Crippen LogP contribution is -2.37. The van der Waals surface area contributed by atoms with Crippen LogP contribution in [0.1, 0.15) is 6.92 Å². The normalized spacial score (nSPS) is 13.6. The van der Waals surface area contributed by atoms with Gasteiger partial charge in [-0.05, 0) is 19.1 Å². The zero-order valence-electron chi connectivity index (χ0n) is 11.9. The van der Waals surface area contributed by atoms with Crippen molar-refractivity contribution in [2.45, 2.75) is 23.3 Å². The lowest BCUT2D eigenvalue weighted by Gasteiger charge is -2.13. The zero-order chi connectivity index (χ0) is 16.9. The van der Waals surface area contributed by atoms with Gasteiger partial charge in [-0.3, -0.25) is 4.18 Å². The molecule has 1 N–H and O–H groups in total. The molecule has 2 aromatic heterocycles. The second-order valence-corrected chi connectivity index (χ2v) is 7.44. The smallest absolute Gasteiger partial charge is 0.262 e. The van der Waals surface area contributed by atoms with E-state index in [1.165, 1.54) is 43.8 Å². The fourth-order valence-corrected chi connectivity index (χ4v) is 3.41. The highest BCUT2D eigenvalue weighted by Crippen LogP contribution is 2.06. The lowest BCUT2D eigenvalue weighted by molar-refractivity contribution is 0.287. The van der Waals surface area contributed by atoms with Gasteiger partial charge in [0.05, 0.1) is 6.61 Å². The Morgan fingerprint density at radius 3 is 1.96 bits per heavy atom. The van der Waals surface area contributed by atoms with Crippen molar-refractivity contribution < 1.29 is 21.0 Å². The van der Waals surface area contributed by atoms with E-state index in [0.29, 0.717) is 0 Å². The maximum absolute atomic E-state index is 12.0. The Morgan fingerprint density at radius 2 is 1.43 bits per heavy atom. The molecule has 12 heteroatoms. The van der Waals surface area contributed by atoms with Crippen molar-refractivity contribution in [3.63, 3.8) is 0 Å². The molecular formula is C11H13N5O5S2.